The maximum Gasteiger partial charge on any atom is 0.358 e. The number of aliphatic hydroxyl groups excluding tert-OH is 2. The Balaban J connectivity index is 1.64. The van der Waals surface area contributed by atoms with Crippen molar-refractivity contribution in [2.24, 2.45) is 20.5 Å². The van der Waals surface area contributed by atoms with Gasteiger partial charge >= 0.3 is 5.97 Å². The number of aliphatic hydroxyl groups is 2. The average molecular weight is 804 g/mol. The number of hydrogen-bond donors (Lipinski definition) is 8. The van der Waals surface area contributed by atoms with E-state index in [1.807, 2.05) is 0 Å². The second-order valence-corrected chi connectivity index (χ2v) is 13.7. The Hall–Kier alpha value is -6.44. The molecule has 0 bridgehead atoms. The summed E-state index contributed by atoms with van der Waals surface area (Å²) in [5.74, 6) is -3.34. The monoisotopic (exact) mass is 803 g/mol. The minimum atomic E-state index is -5.15. The van der Waals surface area contributed by atoms with E-state index in [1.165, 1.54) is 37.4 Å². The molecule has 0 saturated carbocycles. The number of phenols is 1. The fourth-order valence-corrected chi connectivity index (χ4v) is 6.18. The van der Waals surface area contributed by atoms with Crippen molar-refractivity contribution in [3.05, 3.63) is 60.3 Å². The number of aromatic carboxylic acids is 1. The zero-order valence-electron chi connectivity index (χ0n) is 28.0. The molecule has 0 aliphatic carbocycles. The lowest BCUT2D eigenvalue weighted by molar-refractivity contribution is 0.0691. The molecule has 290 valence electrons. The number of aromatic nitrogens is 2. The van der Waals surface area contributed by atoms with Crippen molar-refractivity contribution < 1.29 is 70.5 Å². The first kappa shape index (κ1) is 39.8. The smallest absolute Gasteiger partial charge is 0.358 e. The van der Waals surface area contributed by atoms with Gasteiger partial charge in [0.05, 0.1) is 26.0 Å². The zero-order valence-corrected chi connectivity index (χ0v) is 29.6. The molecule has 5 rings (SSSR count). The van der Waals surface area contributed by atoms with Crippen LogP contribution in [-0.2, 0) is 20.2 Å². The number of rotatable bonds is 15. The standard InChI is InChI=1S/C31H29N7O15S2/c1-51-17-3-5-19(24(12-17)54(45,46)47)33-34-20-13-23(53-9-7-40)21(14-22(20)52-8-6-39)35-36-27-25(55(48,49)50)11-15-10-16(2-4-18(15)29(27)41)38-30(42)26(32)28(37-38)31(43)44/h2-5,10-14,39-42H,6-9,32H2,1H3,(H,43,44)(H,45,46,47)(H,48,49,50). The molecule has 5 aromatic rings. The highest BCUT2D eigenvalue weighted by Gasteiger charge is 2.25. The van der Waals surface area contributed by atoms with E-state index in [4.69, 9.17) is 19.9 Å². The third-order valence-electron chi connectivity index (χ3n) is 7.36. The maximum atomic E-state index is 12.6. The van der Waals surface area contributed by atoms with Crippen molar-refractivity contribution >= 4 is 65.4 Å². The number of carbonyl (C=O) groups is 1. The lowest BCUT2D eigenvalue weighted by atomic mass is 10.1. The molecule has 1 heterocycles. The Morgan fingerprint density at radius 3 is 1.91 bits per heavy atom. The van der Waals surface area contributed by atoms with E-state index in [2.05, 4.69) is 25.6 Å². The molecule has 0 atom stereocenters. The van der Waals surface area contributed by atoms with Crippen LogP contribution in [0, 0.1) is 0 Å². The van der Waals surface area contributed by atoms with Crippen molar-refractivity contribution in [2.45, 2.75) is 9.79 Å². The molecular formula is C31H29N7O15S2. The number of carboxylic acids is 1. The van der Waals surface area contributed by atoms with Gasteiger partial charge in [-0.15, -0.1) is 20.5 Å². The fraction of sp³-hybridized carbons (Fsp3) is 0.161. The molecule has 4 aromatic carbocycles. The van der Waals surface area contributed by atoms with Gasteiger partial charge in [0.1, 0.15) is 68.7 Å². The predicted octanol–water partition coefficient (Wildman–Crippen LogP) is 3.79. The van der Waals surface area contributed by atoms with Crippen LogP contribution in [0.1, 0.15) is 10.5 Å². The fourth-order valence-electron chi connectivity index (χ4n) is 4.88. The summed E-state index contributed by atoms with van der Waals surface area (Å²) in [6, 6.07) is 10.5. The molecule has 22 nitrogen and oxygen atoms in total. The number of phenolic OH excluding ortho intramolecular Hbond substituents is 1. The van der Waals surface area contributed by atoms with Crippen LogP contribution >= 0.6 is 0 Å². The summed E-state index contributed by atoms with van der Waals surface area (Å²) in [4.78, 5) is 9.85. The Kier molecular flexibility index (Phi) is 11.5. The minimum Gasteiger partial charge on any atom is -0.505 e. The number of azo groups is 2. The van der Waals surface area contributed by atoms with Gasteiger partial charge in [0.2, 0.25) is 5.88 Å². The van der Waals surface area contributed by atoms with Crippen LogP contribution in [0.5, 0.6) is 28.9 Å². The van der Waals surface area contributed by atoms with Gasteiger partial charge in [-0.3, -0.25) is 9.11 Å². The molecule has 0 radical (unpaired) electrons. The predicted molar refractivity (Wildman–Crippen MR) is 188 cm³/mol. The Bertz CT molecular complexity index is 2590. The summed E-state index contributed by atoms with van der Waals surface area (Å²) in [5.41, 5.74) is 2.95. The highest BCUT2D eigenvalue weighted by Crippen LogP contribution is 2.45. The number of carboxylic acid groups (broad SMARTS) is 1. The van der Waals surface area contributed by atoms with Gasteiger partial charge in [-0.05, 0) is 41.8 Å². The van der Waals surface area contributed by atoms with Crippen molar-refractivity contribution in [1.29, 1.82) is 0 Å². The van der Waals surface area contributed by atoms with Crippen LogP contribution in [0.4, 0.5) is 28.4 Å². The lowest BCUT2D eigenvalue weighted by Gasteiger charge is -2.13. The maximum absolute atomic E-state index is 12.6. The van der Waals surface area contributed by atoms with Crippen LogP contribution < -0.4 is 19.9 Å². The van der Waals surface area contributed by atoms with E-state index in [-0.39, 0.29) is 64.0 Å². The normalized spacial score (nSPS) is 12.2. The first-order valence-electron chi connectivity index (χ1n) is 15.2. The van der Waals surface area contributed by atoms with E-state index in [0.717, 1.165) is 28.9 Å². The summed E-state index contributed by atoms with van der Waals surface area (Å²) in [5, 5.41) is 69.2. The zero-order chi connectivity index (χ0) is 40.2. The van der Waals surface area contributed by atoms with Gasteiger partial charge in [0, 0.05) is 23.6 Å². The number of hydrogen-bond acceptors (Lipinski definition) is 18. The first-order valence-corrected chi connectivity index (χ1v) is 18.1. The Labute approximate surface area is 309 Å². The van der Waals surface area contributed by atoms with Gasteiger partial charge in [0.15, 0.2) is 11.4 Å². The first-order chi connectivity index (χ1) is 26.0. The topological polar surface area (TPSA) is 348 Å². The van der Waals surface area contributed by atoms with Gasteiger partial charge < -0.3 is 45.5 Å². The second kappa shape index (κ2) is 15.9. The van der Waals surface area contributed by atoms with Gasteiger partial charge in [-0.25, -0.2) is 4.79 Å². The lowest BCUT2D eigenvalue weighted by Crippen LogP contribution is -2.04. The average Bonchev–Trinajstić information content (AvgIpc) is 3.44. The molecule has 0 aliphatic rings. The van der Waals surface area contributed by atoms with Crippen LogP contribution in [0.3, 0.4) is 0 Å². The van der Waals surface area contributed by atoms with Crippen LogP contribution in [0.2, 0.25) is 0 Å². The molecule has 9 N–H and O–H groups in total. The highest BCUT2D eigenvalue weighted by molar-refractivity contribution is 7.86. The summed E-state index contributed by atoms with van der Waals surface area (Å²) in [6.07, 6.45) is 0. The van der Waals surface area contributed by atoms with Crippen LogP contribution in [0.15, 0.2) is 84.8 Å². The van der Waals surface area contributed by atoms with Crippen LogP contribution in [0.25, 0.3) is 16.5 Å². The Morgan fingerprint density at radius 2 is 1.38 bits per heavy atom. The molecule has 24 heteroatoms. The number of anilines is 1. The van der Waals surface area contributed by atoms with Crippen molar-refractivity contribution in [1.82, 2.24) is 9.78 Å². The quantitative estimate of drug-likeness (QED) is 0.0551. The molecule has 0 fully saturated rings. The van der Waals surface area contributed by atoms with Crippen molar-refractivity contribution in [3.63, 3.8) is 0 Å². The number of methoxy groups -OCH3 is 1. The summed E-state index contributed by atoms with van der Waals surface area (Å²) in [6.45, 7) is -1.62. The van der Waals surface area contributed by atoms with Gasteiger partial charge in [-0.1, -0.05) is 0 Å². The third-order valence-corrected chi connectivity index (χ3v) is 9.11. The van der Waals surface area contributed by atoms with E-state index >= 15 is 0 Å². The largest absolute Gasteiger partial charge is 0.505 e. The molecule has 0 unspecified atom stereocenters. The van der Waals surface area contributed by atoms with E-state index in [0.29, 0.717) is 0 Å². The number of aromatic hydroxyl groups is 2. The summed E-state index contributed by atoms with van der Waals surface area (Å²) in [7, 11) is -8.68. The summed E-state index contributed by atoms with van der Waals surface area (Å²) < 4.78 is 85.9. The number of nitrogen functional groups attached to an aromatic ring is 1. The minimum absolute atomic E-state index is 0.0150. The number of ether oxygens (including phenoxy) is 3. The molecule has 1 aromatic heterocycles. The molecule has 55 heavy (non-hydrogen) atoms. The number of benzene rings is 4. The van der Waals surface area contributed by atoms with E-state index < -0.39 is 77.9 Å². The molecular weight excluding hydrogens is 775 g/mol. The van der Waals surface area contributed by atoms with Crippen LogP contribution in [-0.4, -0.2) is 101 Å². The number of nitrogens with two attached hydrogens (primary N) is 1. The summed E-state index contributed by atoms with van der Waals surface area (Å²) >= 11 is 0. The van der Waals surface area contributed by atoms with Crippen molar-refractivity contribution in [3.8, 4) is 34.6 Å². The molecule has 0 amide bonds. The Morgan fingerprint density at radius 1 is 0.800 bits per heavy atom. The molecule has 0 saturated heterocycles. The number of fused-ring (bicyclic) bond motifs is 1. The van der Waals surface area contributed by atoms with E-state index in [1.54, 1.807) is 0 Å². The third kappa shape index (κ3) is 8.53. The molecule has 0 aliphatic heterocycles. The second-order valence-electron chi connectivity index (χ2n) is 10.9. The molecule has 0 spiro atoms. The number of nitrogens with zero attached hydrogens (tertiary/aromatic N) is 6. The van der Waals surface area contributed by atoms with Crippen molar-refractivity contribution in [2.75, 3.05) is 39.3 Å². The van der Waals surface area contributed by atoms with Gasteiger partial charge in [0.25, 0.3) is 20.2 Å². The van der Waals surface area contributed by atoms with Gasteiger partial charge in [-0.2, -0.15) is 26.6 Å². The highest BCUT2D eigenvalue weighted by atomic mass is 32.2. The van der Waals surface area contributed by atoms with E-state index in [9.17, 15) is 56.3 Å². The SMILES string of the molecule is COc1ccc(N=Nc2cc(OCCO)c(N=Nc3c(S(=O)(=O)O)cc4cc(-n5nc(C(=O)O)c(N)c5O)ccc4c3O)cc2OCCO)c(S(=O)(=O)O)c1.